The average molecular weight is 260 g/mol. The molecule has 6 nitrogen and oxygen atoms in total. The molecule has 2 N–H and O–H groups in total. The predicted octanol–water partition coefficient (Wildman–Crippen LogP) is 1.74. The van der Waals surface area contributed by atoms with Crippen molar-refractivity contribution in [3.63, 3.8) is 0 Å². The van der Waals surface area contributed by atoms with Crippen LogP contribution in [0.1, 0.15) is 29.0 Å². The summed E-state index contributed by atoms with van der Waals surface area (Å²) in [5.41, 5.74) is 1.76. The van der Waals surface area contributed by atoms with Crippen molar-refractivity contribution >= 4 is 11.6 Å². The van der Waals surface area contributed by atoms with Crippen LogP contribution in [-0.4, -0.2) is 22.6 Å². The number of hydrogen-bond acceptors (Lipinski definition) is 5. The molecule has 0 spiro atoms. The molecule has 0 unspecified atom stereocenters. The fourth-order valence-corrected chi connectivity index (χ4v) is 1.63. The van der Waals surface area contributed by atoms with Gasteiger partial charge in [-0.1, -0.05) is 30.3 Å². The van der Waals surface area contributed by atoms with Crippen molar-refractivity contribution in [2.45, 2.75) is 20.4 Å². The molecule has 100 valence electrons. The summed E-state index contributed by atoms with van der Waals surface area (Å²) in [7, 11) is 0. The van der Waals surface area contributed by atoms with Crippen molar-refractivity contribution in [3.05, 3.63) is 41.5 Å². The maximum atomic E-state index is 11.9. The molecule has 1 heterocycles. The number of aryl methyl sites for hydroxylation is 1. The number of para-hydroxylation sites is 1. The lowest BCUT2D eigenvalue weighted by Gasteiger charge is -2.09. The van der Waals surface area contributed by atoms with Crippen molar-refractivity contribution in [3.8, 4) is 0 Å². The Bertz CT molecular complexity index is 565. The van der Waals surface area contributed by atoms with Crippen molar-refractivity contribution in [2.24, 2.45) is 0 Å². The van der Waals surface area contributed by atoms with Crippen LogP contribution in [-0.2, 0) is 6.54 Å². The molecule has 1 aromatic carbocycles. The third-order valence-corrected chi connectivity index (χ3v) is 2.56. The van der Waals surface area contributed by atoms with E-state index in [0.717, 1.165) is 17.8 Å². The van der Waals surface area contributed by atoms with Crippen LogP contribution in [0, 0.1) is 6.92 Å². The molecule has 2 aromatic rings. The fraction of sp³-hybridized carbons (Fsp3) is 0.308. The molecule has 19 heavy (non-hydrogen) atoms. The highest BCUT2D eigenvalue weighted by Gasteiger charge is 2.14. The van der Waals surface area contributed by atoms with E-state index in [1.54, 1.807) is 6.92 Å². The van der Waals surface area contributed by atoms with Gasteiger partial charge in [-0.05, 0) is 18.2 Å². The second-order valence-electron chi connectivity index (χ2n) is 4.03. The van der Waals surface area contributed by atoms with Crippen LogP contribution in [0.2, 0.25) is 0 Å². The molecular formula is C13H16N4O2. The minimum Gasteiger partial charge on any atom is -0.339 e. The van der Waals surface area contributed by atoms with Crippen molar-refractivity contribution in [2.75, 3.05) is 11.9 Å². The van der Waals surface area contributed by atoms with Gasteiger partial charge in [-0.15, -0.1) is 0 Å². The van der Waals surface area contributed by atoms with E-state index in [2.05, 4.69) is 20.8 Å². The molecule has 0 saturated heterocycles. The topological polar surface area (TPSA) is 80.0 Å². The van der Waals surface area contributed by atoms with Crippen LogP contribution in [0.3, 0.4) is 0 Å². The zero-order valence-electron chi connectivity index (χ0n) is 10.9. The Kier molecular flexibility index (Phi) is 4.25. The smallest absolute Gasteiger partial charge is 0.297 e. The molecule has 0 saturated carbocycles. The first-order valence-electron chi connectivity index (χ1n) is 6.11. The molecule has 2 rings (SSSR count). The summed E-state index contributed by atoms with van der Waals surface area (Å²) < 4.78 is 4.78. The summed E-state index contributed by atoms with van der Waals surface area (Å²) in [5.74, 6) is 0.0302. The van der Waals surface area contributed by atoms with E-state index in [1.165, 1.54) is 0 Å². The van der Waals surface area contributed by atoms with Crippen LogP contribution in [0.5, 0.6) is 0 Å². The Labute approximate surface area is 111 Å². The Hall–Kier alpha value is -2.21. The molecule has 0 aliphatic rings. The van der Waals surface area contributed by atoms with Gasteiger partial charge in [-0.25, -0.2) is 0 Å². The van der Waals surface area contributed by atoms with Crippen molar-refractivity contribution < 1.29 is 9.32 Å². The Morgan fingerprint density at radius 1 is 1.37 bits per heavy atom. The highest BCUT2D eigenvalue weighted by atomic mass is 16.5. The number of rotatable bonds is 5. The van der Waals surface area contributed by atoms with Gasteiger partial charge in [-0.3, -0.25) is 4.79 Å². The van der Waals surface area contributed by atoms with Crippen LogP contribution in [0.4, 0.5) is 5.69 Å². The summed E-state index contributed by atoms with van der Waals surface area (Å²) in [4.78, 5) is 15.8. The lowest BCUT2D eigenvalue weighted by atomic mass is 10.1. The summed E-state index contributed by atoms with van der Waals surface area (Å²) in [6.07, 6.45) is 0. The molecule has 0 atom stereocenters. The number of carbonyl (C=O) groups is 1. The first-order valence-corrected chi connectivity index (χ1v) is 6.11. The molecule has 0 bridgehead atoms. The van der Waals surface area contributed by atoms with Crippen LogP contribution in [0.15, 0.2) is 28.8 Å². The van der Waals surface area contributed by atoms with Gasteiger partial charge in [0, 0.05) is 19.2 Å². The first kappa shape index (κ1) is 13.2. The summed E-state index contributed by atoms with van der Waals surface area (Å²) in [5, 5.41) is 9.60. The third-order valence-electron chi connectivity index (χ3n) is 2.56. The third kappa shape index (κ3) is 3.38. The lowest BCUT2D eigenvalue weighted by molar-refractivity contribution is 0.101. The summed E-state index contributed by atoms with van der Waals surface area (Å²) >= 11 is 0. The van der Waals surface area contributed by atoms with Gasteiger partial charge in [0.05, 0.1) is 0 Å². The number of hydrogen-bond donors (Lipinski definition) is 2. The van der Waals surface area contributed by atoms with E-state index in [1.807, 2.05) is 31.2 Å². The lowest BCUT2D eigenvalue weighted by Crippen LogP contribution is -2.18. The number of anilines is 1. The molecule has 0 fully saturated rings. The molecule has 0 radical (unpaired) electrons. The molecule has 1 aromatic heterocycles. The van der Waals surface area contributed by atoms with Gasteiger partial charge in [0.25, 0.3) is 11.7 Å². The normalized spacial score (nSPS) is 10.4. The Morgan fingerprint density at radius 2 is 2.16 bits per heavy atom. The Balaban J connectivity index is 2.12. The molecule has 1 amide bonds. The highest BCUT2D eigenvalue weighted by Crippen LogP contribution is 2.15. The van der Waals surface area contributed by atoms with E-state index >= 15 is 0 Å². The van der Waals surface area contributed by atoms with E-state index in [-0.39, 0.29) is 11.7 Å². The van der Waals surface area contributed by atoms with Gasteiger partial charge in [0.15, 0.2) is 0 Å². The number of nitrogens with zero attached hydrogens (tertiary/aromatic N) is 2. The van der Waals surface area contributed by atoms with Gasteiger partial charge >= 0.3 is 0 Å². The molecule has 0 aliphatic carbocycles. The minimum absolute atomic E-state index is 0.0377. The van der Waals surface area contributed by atoms with E-state index in [0.29, 0.717) is 12.4 Å². The van der Waals surface area contributed by atoms with Crippen molar-refractivity contribution in [1.29, 1.82) is 0 Å². The second-order valence-corrected chi connectivity index (χ2v) is 4.03. The Morgan fingerprint density at radius 3 is 2.84 bits per heavy atom. The highest BCUT2D eigenvalue weighted by molar-refractivity contribution is 6.01. The summed E-state index contributed by atoms with van der Waals surface area (Å²) in [6, 6.07) is 7.60. The van der Waals surface area contributed by atoms with Crippen LogP contribution >= 0.6 is 0 Å². The van der Waals surface area contributed by atoms with Crippen LogP contribution < -0.4 is 10.6 Å². The second kappa shape index (κ2) is 6.10. The number of amides is 1. The largest absolute Gasteiger partial charge is 0.339 e. The number of aromatic nitrogens is 2. The maximum Gasteiger partial charge on any atom is 0.297 e. The minimum atomic E-state index is -0.374. The van der Waals surface area contributed by atoms with E-state index in [9.17, 15) is 4.79 Å². The van der Waals surface area contributed by atoms with E-state index < -0.39 is 0 Å². The number of carbonyl (C=O) groups excluding carboxylic acids is 1. The number of nitrogens with one attached hydrogen (secondary N) is 2. The van der Waals surface area contributed by atoms with Gasteiger partial charge in [-0.2, -0.15) is 4.98 Å². The number of benzene rings is 1. The SMILES string of the molecule is CCNCc1ccccc1NC(=O)c1noc(C)n1. The van der Waals surface area contributed by atoms with Crippen LogP contribution in [0.25, 0.3) is 0 Å². The predicted molar refractivity (Wildman–Crippen MR) is 70.8 cm³/mol. The standard InChI is InChI=1S/C13H16N4O2/c1-3-14-8-10-6-4-5-7-11(10)16-13(18)12-15-9(2)19-17-12/h4-7,14H,3,8H2,1-2H3,(H,16,18). The maximum absolute atomic E-state index is 11.9. The molecule has 6 heteroatoms. The molecular weight excluding hydrogens is 244 g/mol. The van der Waals surface area contributed by atoms with Gasteiger partial charge < -0.3 is 15.2 Å². The first-order chi connectivity index (χ1) is 9.20. The van der Waals surface area contributed by atoms with Gasteiger partial charge in [0.1, 0.15) is 0 Å². The van der Waals surface area contributed by atoms with Gasteiger partial charge in [0.2, 0.25) is 5.89 Å². The van der Waals surface area contributed by atoms with Crippen molar-refractivity contribution in [1.82, 2.24) is 15.5 Å². The average Bonchev–Trinajstić information content (AvgIpc) is 2.84. The summed E-state index contributed by atoms with van der Waals surface area (Å²) in [6.45, 7) is 5.23. The monoisotopic (exact) mass is 260 g/mol. The molecule has 0 aliphatic heterocycles. The fourth-order valence-electron chi connectivity index (χ4n) is 1.63. The zero-order chi connectivity index (χ0) is 13.7. The zero-order valence-corrected chi connectivity index (χ0v) is 10.9. The van der Waals surface area contributed by atoms with E-state index in [4.69, 9.17) is 4.52 Å². The quantitative estimate of drug-likeness (QED) is 0.856.